The zero-order valence-corrected chi connectivity index (χ0v) is 35.6. The van der Waals surface area contributed by atoms with Crippen LogP contribution in [0.15, 0.2) is 73.6 Å². The molecule has 62 heavy (non-hydrogen) atoms. The van der Waals surface area contributed by atoms with Crippen molar-refractivity contribution in [1.29, 1.82) is 0 Å². The minimum Gasteiger partial charge on any atom is -0.388 e. The van der Waals surface area contributed by atoms with Crippen LogP contribution in [0.5, 0.6) is 0 Å². The first kappa shape index (κ1) is 46.5. The number of nitrogens with zero attached hydrogens (tertiary/aromatic N) is 6. The van der Waals surface area contributed by atoms with Gasteiger partial charge in [-0.1, -0.05) is 73.4 Å². The van der Waals surface area contributed by atoms with Crippen LogP contribution >= 0.6 is 46.4 Å². The molecule has 6 heterocycles. The standard InChI is InChI=1S/2C21H20Cl2FN3O3.2CH4/c2*1-21(2)29-17-12(16(28)10-3-4-13(22)14(24)7-10)8-15(18(17)30-21)27-6-5-11-19(23)25-9-26-20(11)27;;/h2*3-7,9,12,15-18,28H,8H2,1-2H3;2*1H4/t12-,15-,16+,17-,18+;12-,15-,16-,17-,18+;;/m11../s1. The summed E-state index contributed by atoms with van der Waals surface area (Å²) in [5.41, 5.74) is 2.30. The lowest BCUT2D eigenvalue weighted by Gasteiger charge is -2.27. The van der Waals surface area contributed by atoms with Gasteiger partial charge in [-0.05, 0) is 88.1 Å². The largest absolute Gasteiger partial charge is 0.388 e. The molecule has 0 bridgehead atoms. The Hall–Kier alpha value is -3.54. The molecule has 4 fully saturated rings. The maximum Gasteiger partial charge on any atom is 0.163 e. The lowest BCUT2D eigenvalue weighted by molar-refractivity contribution is -0.165. The van der Waals surface area contributed by atoms with Gasteiger partial charge in [-0.25, -0.2) is 28.7 Å². The number of benzene rings is 2. The fourth-order valence-electron chi connectivity index (χ4n) is 9.45. The summed E-state index contributed by atoms with van der Waals surface area (Å²) in [6.45, 7) is 7.39. The highest BCUT2D eigenvalue weighted by Crippen LogP contribution is 2.53. The van der Waals surface area contributed by atoms with Gasteiger partial charge in [-0.2, -0.15) is 0 Å². The maximum absolute atomic E-state index is 14.0. The van der Waals surface area contributed by atoms with Crippen molar-refractivity contribution in [3.8, 4) is 0 Å². The van der Waals surface area contributed by atoms with Crippen LogP contribution in [-0.2, 0) is 18.9 Å². The molecule has 2 saturated carbocycles. The molecule has 2 aliphatic heterocycles. The van der Waals surface area contributed by atoms with E-state index in [1.165, 1.54) is 36.9 Å². The molecule has 0 radical (unpaired) electrons. The lowest BCUT2D eigenvalue weighted by atomic mass is 9.92. The van der Waals surface area contributed by atoms with Gasteiger partial charge in [0.15, 0.2) is 11.6 Å². The van der Waals surface area contributed by atoms with E-state index in [1.807, 2.05) is 61.4 Å². The Labute approximate surface area is 378 Å². The summed E-state index contributed by atoms with van der Waals surface area (Å²) >= 11 is 24.0. The van der Waals surface area contributed by atoms with Gasteiger partial charge in [0.2, 0.25) is 0 Å². The average molecular weight is 937 g/mol. The van der Waals surface area contributed by atoms with Gasteiger partial charge in [0.1, 0.15) is 58.1 Å². The third-order valence-corrected chi connectivity index (χ3v) is 13.2. The number of hydrogen-bond acceptors (Lipinski definition) is 10. The normalized spacial score (nSPS) is 27.8. The summed E-state index contributed by atoms with van der Waals surface area (Å²) in [6.07, 6.45) is 4.54. The number of aliphatic hydroxyl groups excluding tert-OH is 2. The summed E-state index contributed by atoms with van der Waals surface area (Å²) < 4.78 is 56.8. The van der Waals surface area contributed by atoms with Gasteiger partial charge >= 0.3 is 0 Å². The molecule has 0 unspecified atom stereocenters. The monoisotopic (exact) mass is 934 g/mol. The molecular weight excluding hydrogens is 888 g/mol. The number of hydrogen-bond donors (Lipinski definition) is 2. The molecule has 18 heteroatoms. The minimum atomic E-state index is -0.938. The van der Waals surface area contributed by atoms with E-state index in [1.54, 1.807) is 12.1 Å². The van der Waals surface area contributed by atoms with Crippen LogP contribution in [0.2, 0.25) is 20.4 Å². The Morgan fingerprint density at radius 1 is 0.597 bits per heavy atom. The maximum atomic E-state index is 14.0. The zero-order valence-electron chi connectivity index (χ0n) is 32.6. The van der Waals surface area contributed by atoms with Gasteiger partial charge < -0.3 is 38.3 Å². The van der Waals surface area contributed by atoms with Crippen molar-refractivity contribution in [3.05, 3.63) is 117 Å². The third-order valence-electron chi connectivity index (χ3n) is 12.0. The smallest absolute Gasteiger partial charge is 0.163 e. The lowest BCUT2D eigenvalue weighted by Crippen LogP contribution is -2.29. The number of fused-ring (bicyclic) bond motifs is 4. The molecule has 2 aliphatic carbocycles. The van der Waals surface area contributed by atoms with E-state index in [4.69, 9.17) is 65.4 Å². The van der Waals surface area contributed by atoms with Crippen molar-refractivity contribution in [3.63, 3.8) is 0 Å². The van der Waals surface area contributed by atoms with Crippen molar-refractivity contribution in [2.45, 2.75) is 116 Å². The molecule has 0 amide bonds. The van der Waals surface area contributed by atoms with E-state index in [2.05, 4.69) is 19.9 Å². The molecule has 10 rings (SSSR count). The number of rotatable bonds is 6. The first-order chi connectivity index (χ1) is 28.5. The molecule has 6 aromatic rings. The predicted molar refractivity (Wildman–Crippen MR) is 233 cm³/mol. The fraction of sp³-hybridized carbons (Fsp3) is 0.455. The van der Waals surface area contributed by atoms with E-state index in [0.717, 1.165) is 10.8 Å². The van der Waals surface area contributed by atoms with Crippen LogP contribution in [0.4, 0.5) is 8.78 Å². The van der Waals surface area contributed by atoms with Crippen LogP contribution in [-0.4, -0.2) is 75.3 Å². The molecule has 0 spiro atoms. The Morgan fingerprint density at radius 3 is 1.34 bits per heavy atom. The van der Waals surface area contributed by atoms with E-state index in [0.29, 0.717) is 45.6 Å². The fourth-order valence-corrected chi connectivity index (χ4v) is 10.1. The van der Waals surface area contributed by atoms with E-state index >= 15 is 0 Å². The van der Waals surface area contributed by atoms with E-state index in [-0.39, 0.29) is 73.2 Å². The average Bonchev–Trinajstić information content (AvgIpc) is 4.05. The topological polar surface area (TPSA) is 139 Å². The third kappa shape index (κ3) is 8.32. The van der Waals surface area contributed by atoms with Crippen LogP contribution in [0.25, 0.3) is 22.1 Å². The first-order valence-corrected chi connectivity index (χ1v) is 20.9. The first-order valence-electron chi connectivity index (χ1n) is 19.4. The van der Waals surface area contributed by atoms with Crippen molar-refractivity contribution in [2.75, 3.05) is 0 Å². The Balaban J connectivity index is 0.000000181. The van der Waals surface area contributed by atoms with Gasteiger partial charge in [-0.3, -0.25) is 0 Å². The summed E-state index contributed by atoms with van der Waals surface area (Å²) in [5.74, 6) is -3.34. The second kappa shape index (κ2) is 17.4. The second-order valence-electron chi connectivity index (χ2n) is 16.5. The zero-order chi connectivity index (χ0) is 42.4. The molecule has 2 saturated heterocycles. The van der Waals surface area contributed by atoms with Crippen molar-refractivity contribution >= 4 is 68.5 Å². The number of halogens is 6. The Kier molecular flexibility index (Phi) is 13.1. The van der Waals surface area contributed by atoms with Gasteiger partial charge in [0, 0.05) is 24.2 Å². The van der Waals surface area contributed by atoms with Gasteiger partial charge in [0.25, 0.3) is 0 Å². The molecule has 12 nitrogen and oxygen atoms in total. The summed E-state index contributed by atoms with van der Waals surface area (Å²) in [7, 11) is 0. The highest BCUT2D eigenvalue weighted by Gasteiger charge is 2.58. The highest BCUT2D eigenvalue weighted by molar-refractivity contribution is 6.34. The van der Waals surface area contributed by atoms with Gasteiger partial charge in [-0.15, -0.1) is 0 Å². The SMILES string of the molecule is C.C.CC1(C)O[C@@H]2[C@@H]([C@@H](O)c3ccc(Cl)c(F)c3)C[C@@H](n3ccc4c(Cl)ncnc43)[C@@H]2O1.CC1(C)O[C@@H]2[C@@H]([C@H](O)c3ccc(Cl)c(F)c3)C[C@@H](n3ccc4c(Cl)ncnc43)[C@@H]2O1. The molecule has 2 N–H and O–H groups in total. The van der Waals surface area contributed by atoms with Crippen molar-refractivity contribution in [2.24, 2.45) is 11.8 Å². The molecule has 10 atom stereocenters. The van der Waals surface area contributed by atoms with Crippen LogP contribution in [0.3, 0.4) is 0 Å². The van der Waals surface area contributed by atoms with Crippen LogP contribution in [0.1, 0.15) is 90.8 Å². The van der Waals surface area contributed by atoms with Crippen molar-refractivity contribution in [1.82, 2.24) is 29.1 Å². The molecule has 332 valence electrons. The summed E-state index contributed by atoms with van der Waals surface area (Å²) in [6, 6.07) is 12.2. The molecule has 4 aromatic heterocycles. The minimum absolute atomic E-state index is 0. The highest BCUT2D eigenvalue weighted by atomic mass is 35.5. The molecule has 4 aliphatic rings. The number of ether oxygens (including phenoxy) is 4. The summed E-state index contributed by atoms with van der Waals surface area (Å²) in [5, 5.41) is 24.5. The molecule has 2 aromatic carbocycles. The van der Waals surface area contributed by atoms with Crippen LogP contribution in [0, 0.1) is 23.5 Å². The Bertz CT molecular complexity index is 2420. The second-order valence-corrected chi connectivity index (χ2v) is 18.1. The summed E-state index contributed by atoms with van der Waals surface area (Å²) in [4.78, 5) is 16.8. The van der Waals surface area contributed by atoms with Gasteiger partial charge in [0.05, 0.1) is 57.3 Å². The molecular formula is C44H48Cl4F2N6O6. The predicted octanol–water partition coefficient (Wildman–Crippen LogP) is 10.7. The van der Waals surface area contributed by atoms with E-state index in [9.17, 15) is 19.0 Å². The Morgan fingerprint density at radius 2 is 0.968 bits per heavy atom. The van der Waals surface area contributed by atoms with E-state index < -0.39 is 35.4 Å². The van der Waals surface area contributed by atoms with Crippen LogP contribution < -0.4 is 0 Å². The van der Waals surface area contributed by atoms with Crippen molar-refractivity contribution < 1.29 is 37.9 Å². The quantitative estimate of drug-likeness (QED) is 0.155. The number of aromatic nitrogens is 6. The number of aliphatic hydroxyl groups is 2.